The molecule has 0 aliphatic carbocycles. The number of anilines is 1. The molecule has 110 valence electrons. The third-order valence-electron chi connectivity index (χ3n) is 2.79. The smallest absolute Gasteiger partial charge is 0.255 e. The van der Waals surface area contributed by atoms with Gasteiger partial charge in [0.1, 0.15) is 0 Å². The fraction of sp³-hybridized carbons (Fsp3) is 0.214. The van der Waals surface area contributed by atoms with Gasteiger partial charge < -0.3 is 15.4 Å². The van der Waals surface area contributed by atoms with Gasteiger partial charge in [-0.05, 0) is 25.0 Å². The molecular weight excluding hydrogens is 290 g/mol. The highest BCUT2D eigenvalue weighted by Gasteiger charge is 2.09. The third-order valence-corrected chi connectivity index (χ3v) is 3.67. The molecule has 0 unspecified atom stereocenters. The summed E-state index contributed by atoms with van der Waals surface area (Å²) >= 11 is 1.05. The van der Waals surface area contributed by atoms with E-state index in [0.29, 0.717) is 0 Å². The normalized spacial score (nSPS) is 10.4. The van der Waals surface area contributed by atoms with Gasteiger partial charge in [0, 0.05) is 5.69 Å². The second-order valence-corrected chi connectivity index (χ2v) is 5.48. The summed E-state index contributed by atoms with van der Waals surface area (Å²) in [4.78, 5) is 29.3. The molecule has 3 N–H and O–H groups in total. The summed E-state index contributed by atoms with van der Waals surface area (Å²) in [5.41, 5.74) is 2.30. The lowest BCUT2D eigenvalue weighted by atomic mass is 10.1. The fourth-order valence-corrected chi connectivity index (χ4v) is 2.48. The summed E-state index contributed by atoms with van der Waals surface area (Å²) in [5, 5.41) is 12.3. The van der Waals surface area contributed by atoms with Crippen LogP contribution in [0.4, 0.5) is 5.69 Å². The Morgan fingerprint density at radius 1 is 1.38 bits per heavy atom. The fourth-order valence-electron chi connectivity index (χ4n) is 1.81. The highest BCUT2D eigenvalue weighted by molar-refractivity contribution is 7.99. The van der Waals surface area contributed by atoms with Crippen molar-refractivity contribution in [3.63, 3.8) is 0 Å². The highest BCUT2D eigenvalue weighted by Crippen LogP contribution is 2.20. The summed E-state index contributed by atoms with van der Waals surface area (Å²) in [6, 6.07) is 6.74. The number of hydrogen-bond acceptors (Lipinski definition) is 5. The van der Waals surface area contributed by atoms with Crippen molar-refractivity contribution in [1.29, 1.82) is 0 Å². The predicted octanol–water partition coefficient (Wildman–Crippen LogP) is 1.82. The van der Waals surface area contributed by atoms with E-state index in [2.05, 4.69) is 15.3 Å². The maximum absolute atomic E-state index is 11.9. The maximum atomic E-state index is 11.9. The largest absolute Gasteiger partial charge is 0.493 e. The number of aromatic amines is 1. The van der Waals surface area contributed by atoms with Gasteiger partial charge in [-0.2, -0.15) is 4.98 Å². The zero-order valence-corrected chi connectivity index (χ0v) is 12.5. The van der Waals surface area contributed by atoms with Gasteiger partial charge in [-0.25, -0.2) is 0 Å². The van der Waals surface area contributed by atoms with Gasteiger partial charge in [0.15, 0.2) is 5.16 Å². The molecule has 1 aromatic carbocycles. The lowest BCUT2D eigenvalue weighted by molar-refractivity contribution is -0.113. The van der Waals surface area contributed by atoms with Gasteiger partial charge in [0.05, 0.1) is 11.8 Å². The minimum atomic E-state index is -0.458. The predicted molar refractivity (Wildman–Crippen MR) is 81.8 cm³/mol. The van der Waals surface area contributed by atoms with Crippen LogP contribution in [0.5, 0.6) is 5.88 Å². The van der Waals surface area contributed by atoms with Gasteiger partial charge >= 0.3 is 0 Å². The van der Waals surface area contributed by atoms with Crippen molar-refractivity contribution in [1.82, 2.24) is 9.97 Å². The monoisotopic (exact) mass is 305 g/mol. The van der Waals surface area contributed by atoms with Crippen molar-refractivity contribution < 1.29 is 9.90 Å². The molecule has 0 saturated carbocycles. The Morgan fingerprint density at radius 3 is 2.67 bits per heavy atom. The van der Waals surface area contributed by atoms with Gasteiger partial charge in [0.2, 0.25) is 11.8 Å². The first kappa shape index (κ1) is 15.1. The summed E-state index contributed by atoms with van der Waals surface area (Å²) in [6.07, 6.45) is 0. The van der Waals surface area contributed by atoms with Gasteiger partial charge in [0.25, 0.3) is 5.56 Å². The second kappa shape index (κ2) is 6.45. The molecule has 0 aliphatic rings. The third kappa shape index (κ3) is 4.09. The SMILES string of the molecule is Cc1cccc(C)c1NC(=O)CSc1nc(O)cc(=O)[nH]1. The molecule has 21 heavy (non-hydrogen) atoms. The average Bonchev–Trinajstić information content (AvgIpc) is 2.40. The molecule has 0 spiro atoms. The summed E-state index contributed by atoms with van der Waals surface area (Å²) < 4.78 is 0. The number of nitrogens with zero attached hydrogens (tertiary/aromatic N) is 1. The number of rotatable bonds is 4. The van der Waals surface area contributed by atoms with E-state index in [-0.39, 0.29) is 22.7 Å². The van der Waals surface area contributed by atoms with Crippen molar-refractivity contribution in [3.8, 4) is 5.88 Å². The van der Waals surface area contributed by atoms with Crippen molar-refractivity contribution in [3.05, 3.63) is 45.7 Å². The molecule has 0 atom stereocenters. The Bertz CT molecular complexity index is 707. The van der Waals surface area contributed by atoms with Gasteiger partial charge in [-0.3, -0.25) is 9.59 Å². The molecule has 1 aromatic heterocycles. The Kier molecular flexibility index (Phi) is 4.64. The van der Waals surface area contributed by atoms with Crippen molar-refractivity contribution in [2.24, 2.45) is 0 Å². The van der Waals surface area contributed by atoms with E-state index in [1.54, 1.807) is 0 Å². The van der Waals surface area contributed by atoms with Crippen LogP contribution < -0.4 is 10.9 Å². The minimum absolute atomic E-state index is 0.0835. The van der Waals surface area contributed by atoms with Crippen molar-refractivity contribution >= 4 is 23.4 Å². The highest BCUT2D eigenvalue weighted by atomic mass is 32.2. The van der Waals surface area contributed by atoms with Crippen LogP contribution in [0.2, 0.25) is 0 Å². The number of nitrogens with one attached hydrogen (secondary N) is 2. The van der Waals surface area contributed by atoms with Crippen LogP contribution in [-0.2, 0) is 4.79 Å². The molecule has 0 radical (unpaired) electrons. The first-order valence-electron chi connectivity index (χ1n) is 6.25. The molecule has 1 heterocycles. The topological polar surface area (TPSA) is 95.1 Å². The standard InChI is InChI=1S/C14H15N3O3S/c1-8-4-3-5-9(2)13(8)15-12(20)7-21-14-16-10(18)6-11(19)17-14/h3-6H,7H2,1-2H3,(H,15,20)(H2,16,17,18,19). The summed E-state index contributed by atoms with van der Waals surface area (Å²) in [7, 11) is 0. The molecule has 1 amide bonds. The van der Waals surface area contributed by atoms with Crippen LogP contribution in [0.25, 0.3) is 0 Å². The van der Waals surface area contributed by atoms with E-state index in [4.69, 9.17) is 0 Å². The number of thioether (sulfide) groups is 1. The van der Waals surface area contributed by atoms with Crippen LogP contribution in [0.15, 0.2) is 34.2 Å². The molecule has 2 aromatic rings. The van der Waals surface area contributed by atoms with E-state index in [9.17, 15) is 14.7 Å². The Balaban J connectivity index is 2.01. The lowest BCUT2D eigenvalue weighted by Gasteiger charge is -2.11. The number of carbonyl (C=O) groups is 1. The lowest BCUT2D eigenvalue weighted by Crippen LogP contribution is -2.16. The molecule has 0 saturated heterocycles. The average molecular weight is 305 g/mol. The van der Waals surface area contributed by atoms with Gasteiger partial charge in [-0.15, -0.1) is 0 Å². The molecule has 2 rings (SSSR count). The van der Waals surface area contributed by atoms with E-state index in [1.807, 2.05) is 32.0 Å². The zero-order valence-electron chi connectivity index (χ0n) is 11.6. The van der Waals surface area contributed by atoms with Crippen molar-refractivity contribution in [2.75, 3.05) is 11.1 Å². The molecule has 0 fully saturated rings. The number of aromatic hydroxyl groups is 1. The molecule has 0 aliphatic heterocycles. The number of H-pyrrole nitrogens is 1. The van der Waals surface area contributed by atoms with Crippen LogP contribution in [0.3, 0.4) is 0 Å². The van der Waals surface area contributed by atoms with E-state index < -0.39 is 5.56 Å². The van der Waals surface area contributed by atoms with E-state index in [1.165, 1.54) is 0 Å². The van der Waals surface area contributed by atoms with Crippen molar-refractivity contribution in [2.45, 2.75) is 19.0 Å². The number of para-hydroxylation sites is 1. The molecule has 7 heteroatoms. The Morgan fingerprint density at radius 2 is 2.05 bits per heavy atom. The Hall–Kier alpha value is -2.28. The molecule has 6 nitrogen and oxygen atoms in total. The van der Waals surface area contributed by atoms with Crippen LogP contribution in [0.1, 0.15) is 11.1 Å². The number of hydrogen-bond donors (Lipinski definition) is 3. The summed E-state index contributed by atoms with van der Waals surface area (Å²) in [5.74, 6) is -0.486. The quantitative estimate of drug-likeness (QED) is 0.591. The van der Waals surface area contributed by atoms with E-state index >= 15 is 0 Å². The molecule has 0 bridgehead atoms. The Labute approximate surface area is 125 Å². The first-order valence-corrected chi connectivity index (χ1v) is 7.23. The number of amides is 1. The maximum Gasteiger partial charge on any atom is 0.255 e. The van der Waals surface area contributed by atoms with Crippen LogP contribution in [-0.4, -0.2) is 26.7 Å². The number of aryl methyl sites for hydroxylation is 2. The first-order chi connectivity index (χ1) is 9.95. The van der Waals surface area contributed by atoms with Crippen LogP contribution in [0, 0.1) is 13.8 Å². The number of carbonyl (C=O) groups excluding carboxylic acids is 1. The number of benzene rings is 1. The van der Waals surface area contributed by atoms with Gasteiger partial charge in [-0.1, -0.05) is 30.0 Å². The minimum Gasteiger partial charge on any atom is -0.493 e. The molecular formula is C14H15N3O3S. The van der Waals surface area contributed by atoms with Crippen LogP contribution >= 0.6 is 11.8 Å². The van der Waals surface area contributed by atoms with E-state index in [0.717, 1.165) is 34.6 Å². The zero-order chi connectivity index (χ0) is 15.4. The second-order valence-electron chi connectivity index (χ2n) is 4.51. The number of aromatic nitrogens is 2. The summed E-state index contributed by atoms with van der Waals surface area (Å²) in [6.45, 7) is 3.84.